The monoisotopic (exact) mass is 297 g/mol. The maximum Gasteiger partial charge on any atom is 0.137 e. The number of nitrogens with zero attached hydrogens (tertiary/aromatic N) is 2. The number of rotatable bonds is 4. The van der Waals surface area contributed by atoms with Gasteiger partial charge in [0.2, 0.25) is 0 Å². The molecular formula is C15H24ClN3O. The van der Waals surface area contributed by atoms with Crippen molar-refractivity contribution in [2.75, 3.05) is 25.1 Å². The fourth-order valence-electron chi connectivity index (χ4n) is 2.27. The fourth-order valence-corrected chi connectivity index (χ4v) is 2.45. The van der Waals surface area contributed by atoms with Gasteiger partial charge in [-0.1, -0.05) is 32.4 Å². The zero-order chi connectivity index (χ0) is 14.8. The van der Waals surface area contributed by atoms with Crippen molar-refractivity contribution in [2.45, 2.75) is 46.5 Å². The molecule has 1 fully saturated rings. The first-order valence-corrected chi connectivity index (χ1v) is 7.65. The summed E-state index contributed by atoms with van der Waals surface area (Å²) >= 11 is 6.21. The number of anilines is 1. The topological polar surface area (TPSA) is 47.0 Å². The molecule has 0 spiro atoms. The van der Waals surface area contributed by atoms with Gasteiger partial charge in [-0.05, 0) is 25.2 Å². The van der Waals surface area contributed by atoms with Gasteiger partial charge in [0.1, 0.15) is 16.8 Å². The molecule has 1 aliphatic rings. The van der Waals surface area contributed by atoms with Crippen LogP contribution in [0.1, 0.15) is 50.9 Å². The Labute approximate surface area is 126 Å². The Balaban J connectivity index is 2.12. The SMILES string of the molecule is Cc1c(Cl)nc(C(C)C)nc1NCC1(C)CCOCC1. The molecule has 2 heterocycles. The molecule has 2 rings (SSSR count). The number of ether oxygens (including phenoxy) is 1. The van der Waals surface area contributed by atoms with Gasteiger partial charge in [-0.25, -0.2) is 9.97 Å². The first-order chi connectivity index (χ1) is 9.41. The molecule has 0 saturated carbocycles. The van der Waals surface area contributed by atoms with E-state index in [1.54, 1.807) is 0 Å². The van der Waals surface area contributed by atoms with E-state index in [0.29, 0.717) is 5.15 Å². The van der Waals surface area contributed by atoms with Gasteiger partial charge in [0, 0.05) is 31.2 Å². The quantitative estimate of drug-likeness (QED) is 0.859. The standard InChI is InChI=1S/C15H24ClN3O/c1-10(2)13-18-12(16)11(3)14(19-13)17-9-15(4)5-7-20-8-6-15/h10H,5-9H2,1-4H3,(H,17,18,19). The predicted molar refractivity (Wildman–Crippen MR) is 82.5 cm³/mol. The highest BCUT2D eigenvalue weighted by atomic mass is 35.5. The zero-order valence-corrected chi connectivity index (χ0v) is 13.5. The van der Waals surface area contributed by atoms with Crippen molar-refractivity contribution in [3.63, 3.8) is 0 Å². The normalized spacial score (nSPS) is 18.3. The molecule has 1 saturated heterocycles. The highest BCUT2D eigenvalue weighted by molar-refractivity contribution is 6.30. The van der Waals surface area contributed by atoms with Gasteiger partial charge in [0.25, 0.3) is 0 Å². The minimum atomic E-state index is 0.264. The van der Waals surface area contributed by atoms with Crippen molar-refractivity contribution in [3.8, 4) is 0 Å². The highest BCUT2D eigenvalue weighted by Crippen LogP contribution is 2.31. The maximum atomic E-state index is 6.21. The maximum absolute atomic E-state index is 6.21. The van der Waals surface area contributed by atoms with Crippen LogP contribution in [-0.4, -0.2) is 29.7 Å². The molecule has 20 heavy (non-hydrogen) atoms. The first kappa shape index (κ1) is 15.5. The largest absolute Gasteiger partial charge is 0.381 e. The molecule has 0 amide bonds. The third-order valence-electron chi connectivity index (χ3n) is 4.00. The molecule has 1 aliphatic heterocycles. The van der Waals surface area contributed by atoms with Crippen molar-refractivity contribution in [3.05, 3.63) is 16.5 Å². The molecule has 0 unspecified atom stereocenters. The third kappa shape index (κ3) is 3.61. The summed E-state index contributed by atoms with van der Waals surface area (Å²) in [5, 5.41) is 4.01. The lowest BCUT2D eigenvalue weighted by Crippen LogP contribution is -2.33. The first-order valence-electron chi connectivity index (χ1n) is 7.27. The highest BCUT2D eigenvalue weighted by Gasteiger charge is 2.27. The Morgan fingerprint density at radius 2 is 1.95 bits per heavy atom. The van der Waals surface area contributed by atoms with E-state index in [9.17, 15) is 0 Å². The van der Waals surface area contributed by atoms with Crippen LogP contribution < -0.4 is 5.32 Å². The second-order valence-electron chi connectivity index (χ2n) is 6.28. The zero-order valence-electron chi connectivity index (χ0n) is 12.8. The van der Waals surface area contributed by atoms with Gasteiger partial charge in [0.05, 0.1) is 0 Å². The Bertz CT molecular complexity index is 470. The summed E-state index contributed by atoms with van der Waals surface area (Å²) < 4.78 is 5.44. The average molecular weight is 298 g/mol. The molecule has 0 aliphatic carbocycles. The van der Waals surface area contributed by atoms with Gasteiger partial charge in [-0.2, -0.15) is 0 Å². The minimum Gasteiger partial charge on any atom is -0.381 e. The predicted octanol–water partition coefficient (Wildman–Crippen LogP) is 3.79. The molecule has 1 aromatic heterocycles. The molecule has 0 atom stereocenters. The van der Waals surface area contributed by atoms with Crippen LogP contribution >= 0.6 is 11.6 Å². The molecule has 5 heteroatoms. The van der Waals surface area contributed by atoms with Gasteiger partial charge in [-0.15, -0.1) is 0 Å². The number of halogens is 1. The van der Waals surface area contributed by atoms with E-state index in [1.807, 2.05) is 6.92 Å². The van der Waals surface area contributed by atoms with Crippen LogP contribution in [0.5, 0.6) is 0 Å². The summed E-state index contributed by atoms with van der Waals surface area (Å²) in [5.41, 5.74) is 1.19. The van der Waals surface area contributed by atoms with Crippen LogP contribution in [-0.2, 0) is 4.74 Å². The summed E-state index contributed by atoms with van der Waals surface area (Å²) in [4.78, 5) is 8.95. The van der Waals surface area contributed by atoms with Crippen LogP contribution in [0, 0.1) is 12.3 Å². The van der Waals surface area contributed by atoms with Crippen LogP contribution in [0.25, 0.3) is 0 Å². The number of aromatic nitrogens is 2. The lowest BCUT2D eigenvalue weighted by Gasteiger charge is -2.34. The number of nitrogens with one attached hydrogen (secondary N) is 1. The van der Waals surface area contributed by atoms with Crippen molar-refractivity contribution in [1.82, 2.24) is 9.97 Å². The molecule has 112 valence electrons. The lowest BCUT2D eigenvalue weighted by atomic mass is 9.82. The van der Waals surface area contributed by atoms with Gasteiger partial charge < -0.3 is 10.1 Å². The van der Waals surface area contributed by atoms with Crippen LogP contribution in [0.4, 0.5) is 5.82 Å². The van der Waals surface area contributed by atoms with Gasteiger partial charge >= 0.3 is 0 Å². The molecule has 4 nitrogen and oxygen atoms in total. The van der Waals surface area contributed by atoms with Crippen molar-refractivity contribution < 1.29 is 4.74 Å². The van der Waals surface area contributed by atoms with Crippen molar-refractivity contribution in [2.24, 2.45) is 5.41 Å². The van der Waals surface area contributed by atoms with Crippen molar-refractivity contribution in [1.29, 1.82) is 0 Å². The summed E-state index contributed by atoms with van der Waals surface area (Å²) in [6, 6.07) is 0. The van der Waals surface area contributed by atoms with Crippen LogP contribution in [0.3, 0.4) is 0 Å². The van der Waals surface area contributed by atoms with E-state index < -0.39 is 0 Å². The molecule has 0 aromatic carbocycles. The third-order valence-corrected chi connectivity index (χ3v) is 4.37. The van der Waals surface area contributed by atoms with E-state index in [4.69, 9.17) is 16.3 Å². The van der Waals surface area contributed by atoms with Crippen LogP contribution in [0.2, 0.25) is 5.15 Å². The van der Waals surface area contributed by atoms with E-state index in [2.05, 4.69) is 36.1 Å². The summed E-state index contributed by atoms with van der Waals surface area (Å²) in [7, 11) is 0. The molecule has 0 radical (unpaired) electrons. The van der Waals surface area contributed by atoms with E-state index in [1.165, 1.54) is 0 Å². The van der Waals surface area contributed by atoms with E-state index in [0.717, 1.165) is 49.8 Å². The average Bonchev–Trinajstić information content (AvgIpc) is 2.41. The minimum absolute atomic E-state index is 0.264. The molecule has 0 bridgehead atoms. The van der Waals surface area contributed by atoms with Crippen molar-refractivity contribution >= 4 is 17.4 Å². The van der Waals surface area contributed by atoms with E-state index >= 15 is 0 Å². The summed E-state index contributed by atoms with van der Waals surface area (Å²) in [5.74, 6) is 1.92. The smallest absolute Gasteiger partial charge is 0.137 e. The Morgan fingerprint density at radius 3 is 2.55 bits per heavy atom. The molecule has 1 N–H and O–H groups in total. The number of hydrogen-bond acceptors (Lipinski definition) is 4. The number of hydrogen-bond donors (Lipinski definition) is 1. The van der Waals surface area contributed by atoms with Crippen LogP contribution in [0.15, 0.2) is 0 Å². The summed E-state index contributed by atoms with van der Waals surface area (Å²) in [6.07, 6.45) is 2.16. The Hall–Kier alpha value is -0.870. The van der Waals surface area contributed by atoms with Gasteiger partial charge in [-0.3, -0.25) is 0 Å². The second kappa shape index (κ2) is 6.27. The second-order valence-corrected chi connectivity index (χ2v) is 6.64. The lowest BCUT2D eigenvalue weighted by molar-refractivity contribution is 0.0299. The Morgan fingerprint density at radius 1 is 1.30 bits per heavy atom. The van der Waals surface area contributed by atoms with E-state index in [-0.39, 0.29) is 11.3 Å². The summed E-state index contributed by atoms with van der Waals surface area (Å²) in [6.45, 7) is 11.0. The Kier molecular flexibility index (Phi) is 4.86. The van der Waals surface area contributed by atoms with Gasteiger partial charge in [0.15, 0.2) is 0 Å². The molecule has 1 aromatic rings. The fraction of sp³-hybridized carbons (Fsp3) is 0.733. The molecular weight excluding hydrogens is 274 g/mol.